The van der Waals surface area contributed by atoms with Gasteiger partial charge < -0.3 is 19.6 Å². The smallest absolute Gasteiger partial charge is 0.0963 e. The van der Waals surface area contributed by atoms with Crippen molar-refractivity contribution in [2.45, 2.75) is 30.5 Å². The third kappa shape index (κ3) is 1.58. The van der Waals surface area contributed by atoms with Crippen LogP contribution in [0, 0.1) is 0 Å². The minimum absolute atomic E-state index is 0.261. The minimum Gasteiger partial charge on any atom is -0.472 e. The van der Waals surface area contributed by atoms with E-state index in [-0.39, 0.29) is 12.1 Å². The molecule has 2 atom stereocenters. The molecule has 0 amide bonds. The molecule has 2 saturated heterocycles. The van der Waals surface area contributed by atoms with Crippen LogP contribution in [0.4, 0.5) is 0 Å². The van der Waals surface area contributed by atoms with Gasteiger partial charge in [-0.3, -0.25) is 0 Å². The van der Waals surface area contributed by atoms with Gasteiger partial charge in [-0.2, -0.15) is 0 Å². The third-order valence-electron chi connectivity index (χ3n) is 3.34. The number of hydrogen-bond acceptors (Lipinski definition) is 4. The second kappa shape index (κ2) is 3.33. The predicted octanol–water partition coefficient (Wildman–Crippen LogP) is 0.618. The highest BCUT2D eigenvalue weighted by molar-refractivity contribution is 5.19. The average Bonchev–Trinajstić information content (AvgIpc) is 2.69. The van der Waals surface area contributed by atoms with Crippen molar-refractivity contribution in [3.05, 3.63) is 24.2 Å². The Morgan fingerprint density at radius 2 is 2.07 bits per heavy atom. The van der Waals surface area contributed by atoms with Crippen molar-refractivity contribution in [3.8, 4) is 0 Å². The number of piperidine rings is 1. The summed E-state index contributed by atoms with van der Waals surface area (Å²) in [6, 6.07) is 2.37. The summed E-state index contributed by atoms with van der Waals surface area (Å²) in [7, 11) is 0. The van der Waals surface area contributed by atoms with Gasteiger partial charge >= 0.3 is 0 Å². The van der Waals surface area contributed by atoms with Crippen LogP contribution in [0.15, 0.2) is 23.0 Å². The van der Waals surface area contributed by atoms with E-state index in [1.54, 1.807) is 12.5 Å². The van der Waals surface area contributed by atoms with Crippen LogP contribution in [0.5, 0.6) is 0 Å². The molecule has 0 spiro atoms. The van der Waals surface area contributed by atoms with Crippen LogP contribution in [0.3, 0.4) is 0 Å². The van der Waals surface area contributed by atoms with Crippen LogP contribution in [0.1, 0.15) is 18.4 Å². The standard InChI is InChI=1S/C11H15NO3/c13-11(8-1-2-14-5-8)3-9-6-15-7-10(4-11)12-9/h1-2,5,9-10,12-13H,3-4,6-7H2. The number of fused-ring (bicyclic) bond motifs is 2. The highest BCUT2D eigenvalue weighted by atomic mass is 16.5. The summed E-state index contributed by atoms with van der Waals surface area (Å²) in [5.74, 6) is 0. The molecule has 1 aromatic rings. The Balaban J connectivity index is 1.87. The van der Waals surface area contributed by atoms with E-state index in [0.29, 0.717) is 26.1 Å². The first kappa shape index (κ1) is 9.39. The number of nitrogens with one attached hydrogen (secondary N) is 1. The Labute approximate surface area is 88.2 Å². The highest BCUT2D eigenvalue weighted by Crippen LogP contribution is 2.36. The number of furan rings is 1. The molecule has 1 aromatic heterocycles. The van der Waals surface area contributed by atoms with E-state index < -0.39 is 5.60 Å². The topological polar surface area (TPSA) is 54.6 Å². The van der Waals surface area contributed by atoms with Crippen molar-refractivity contribution < 1.29 is 14.3 Å². The van der Waals surface area contributed by atoms with Gasteiger partial charge in [0.1, 0.15) is 0 Å². The molecule has 0 saturated carbocycles. The molecule has 0 aromatic carbocycles. The summed E-state index contributed by atoms with van der Waals surface area (Å²) in [4.78, 5) is 0. The molecule has 3 heterocycles. The minimum atomic E-state index is -0.739. The average molecular weight is 209 g/mol. The molecule has 2 unspecified atom stereocenters. The Kier molecular flexibility index (Phi) is 2.09. The van der Waals surface area contributed by atoms with E-state index in [1.165, 1.54) is 0 Å². The van der Waals surface area contributed by atoms with Gasteiger partial charge in [0.05, 0.1) is 31.3 Å². The van der Waals surface area contributed by atoms with Gasteiger partial charge in [0, 0.05) is 17.6 Å². The molecule has 2 bridgehead atoms. The zero-order valence-corrected chi connectivity index (χ0v) is 8.48. The van der Waals surface area contributed by atoms with Gasteiger partial charge in [-0.1, -0.05) is 0 Å². The van der Waals surface area contributed by atoms with Crippen molar-refractivity contribution in [2.75, 3.05) is 13.2 Å². The molecule has 2 aliphatic rings. The summed E-state index contributed by atoms with van der Waals surface area (Å²) in [6.07, 6.45) is 4.65. The van der Waals surface area contributed by atoms with Gasteiger partial charge in [0.25, 0.3) is 0 Å². The fourth-order valence-electron chi connectivity index (χ4n) is 2.68. The zero-order valence-electron chi connectivity index (χ0n) is 8.48. The molecule has 15 heavy (non-hydrogen) atoms. The summed E-state index contributed by atoms with van der Waals surface area (Å²) >= 11 is 0. The van der Waals surface area contributed by atoms with Gasteiger partial charge in [-0.25, -0.2) is 0 Å². The molecule has 2 aliphatic heterocycles. The SMILES string of the molecule is OC1(c2ccoc2)CC2COCC(C1)N2. The third-order valence-corrected chi connectivity index (χ3v) is 3.34. The fourth-order valence-corrected chi connectivity index (χ4v) is 2.68. The quantitative estimate of drug-likeness (QED) is 0.712. The second-order valence-corrected chi connectivity index (χ2v) is 4.55. The lowest BCUT2D eigenvalue weighted by molar-refractivity contribution is -0.0804. The molecule has 3 rings (SSSR count). The predicted molar refractivity (Wildman–Crippen MR) is 53.4 cm³/mol. The molecular formula is C11H15NO3. The first-order chi connectivity index (χ1) is 7.26. The van der Waals surface area contributed by atoms with Gasteiger partial charge in [-0.05, 0) is 18.9 Å². The fraction of sp³-hybridized carbons (Fsp3) is 0.636. The second-order valence-electron chi connectivity index (χ2n) is 4.55. The molecule has 2 N–H and O–H groups in total. The summed E-state index contributed by atoms with van der Waals surface area (Å²) in [5, 5.41) is 14.0. The van der Waals surface area contributed by atoms with Crippen LogP contribution in [-0.4, -0.2) is 30.4 Å². The first-order valence-electron chi connectivity index (χ1n) is 5.35. The van der Waals surface area contributed by atoms with Crippen LogP contribution in [0.25, 0.3) is 0 Å². The van der Waals surface area contributed by atoms with E-state index in [9.17, 15) is 5.11 Å². The molecule has 2 fully saturated rings. The van der Waals surface area contributed by atoms with E-state index in [0.717, 1.165) is 5.56 Å². The summed E-state index contributed by atoms with van der Waals surface area (Å²) in [6.45, 7) is 1.38. The van der Waals surface area contributed by atoms with Crippen LogP contribution >= 0.6 is 0 Å². The Morgan fingerprint density at radius 3 is 2.67 bits per heavy atom. The van der Waals surface area contributed by atoms with E-state index in [4.69, 9.17) is 9.15 Å². The highest BCUT2D eigenvalue weighted by Gasteiger charge is 2.42. The lowest BCUT2D eigenvalue weighted by Crippen LogP contribution is -2.58. The van der Waals surface area contributed by atoms with Crippen molar-refractivity contribution in [2.24, 2.45) is 0 Å². The number of morpholine rings is 1. The summed E-state index contributed by atoms with van der Waals surface area (Å²) in [5.41, 5.74) is 0.151. The molecular weight excluding hydrogens is 194 g/mol. The van der Waals surface area contributed by atoms with Gasteiger partial charge in [0.15, 0.2) is 0 Å². The maximum atomic E-state index is 10.6. The van der Waals surface area contributed by atoms with E-state index in [2.05, 4.69) is 5.32 Å². The normalized spacial score (nSPS) is 40.3. The van der Waals surface area contributed by atoms with Crippen molar-refractivity contribution in [1.82, 2.24) is 5.32 Å². The van der Waals surface area contributed by atoms with Gasteiger partial charge in [0.2, 0.25) is 0 Å². The number of hydrogen-bond donors (Lipinski definition) is 2. The van der Waals surface area contributed by atoms with Crippen molar-refractivity contribution >= 4 is 0 Å². The molecule has 4 heteroatoms. The number of ether oxygens (including phenoxy) is 1. The lowest BCUT2D eigenvalue weighted by Gasteiger charge is -2.44. The Morgan fingerprint density at radius 1 is 1.33 bits per heavy atom. The Bertz CT molecular complexity index is 324. The van der Waals surface area contributed by atoms with E-state index >= 15 is 0 Å². The molecule has 0 aliphatic carbocycles. The molecule has 0 radical (unpaired) electrons. The van der Waals surface area contributed by atoms with Crippen LogP contribution in [-0.2, 0) is 10.3 Å². The van der Waals surface area contributed by atoms with Gasteiger partial charge in [-0.15, -0.1) is 0 Å². The Hall–Kier alpha value is -0.840. The zero-order chi connectivity index (χ0) is 10.3. The number of aliphatic hydroxyl groups is 1. The van der Waals surface area contributed by atoms with E-state index in [1.807, 2.05) is 6.07 Å². The van der Waals surface area contributed by atoms with Crippen LogP contribution in [0.2, 0.25) is 0 Å². The monoisotopic (exact) mass is 209 g/mol. The molecule has 4 nitrogen and oxygen atoms in total. The lowest BCUT2D eigenvalue weighted by atomic mass is 9.79. The van der Waals surface area contributed by atoms with Crippen molar-refractivity contribution in [1.29, 1.82) is 0 Å². The maximum Gasteiger partial charge on any atom is 0.0963 e. The maximum absolute atomic E-state index is 10.6. The summed E-state index contributed by atoms with van der Waals surface area (Å²) < 4.78 is 10.5. The largest absolute Gasteiger partial charge is 0.472 e. The first-order valence-corrected chi connectivity index (χ1v) is 5.35. The van der Waals surface area contributed by atoms with Crippen molar-refractivity contribution in [3.63, 3.8) is 0 Å². The van der Waals surface area contributed by atoms with Crippen LogP contribution < -0.4 is 5.32 Å². The number of rotatable bonds is 1. The molecule has 82 valence electrons.